The summed E-state index contributed by atoms with van der Waals surface area (Å²) in [5, 5.41) is 20.6. The van der Waals surface area contributed by atoms with E-state index >= 15 is 0 Å². The Bertz CT molecular complexity index is 502. The number of hydrogen-bond acceptors (Lipinski definition) is 6. The van der Waals surface area contributed by atoms with Crippen LogP contribution in [0.1, 0.15) is 11.1 Å². The molecule has 0 atom stereocenters. The van der Waals surface area contributed by atoms with Gasteiger partial charge in [0.05, 0.1) is 11.9 Å². The quantitative estimate of drug-likeness (QED) is 0.484. The van der Waals surface area contributed by atoms with Gasteiger partial charge in [0.2, 0.25) is 0 Å². The minimum absolute atomic E-state index is 0.274. The Labute approximate surface area is 103 Å². The predicted octanol–water partition coefficient (Wildman–Crippen LogP) is -1.62. The van der Waals surface area contributed by atoms with Gasteiger partial charge in [-0.2, -0.15) is 0 Å². The smallest absolute Gasteiger partial charge is 0.0643 e. The van der Waals surface area contributed by atoms with Gasteiger partial charge in [0.1, 0.15) is 0 Å². The maximum atomic E-state index is 10.3. The number of carboxylic acid groups (broad SMARTS) is 2. The number of benzene rings is 1. The molecule has 0 unspecified atom stereocenters. The molecule has 1 aromatic carbocycles. The van der Waals surface area contributed by atoms with Crippen molar-refractivity contribution in [2.75, 3.05) is 11.5 Å². The first-order valence-electron chi connectivity index (χ1n) is 4.87. The van der Waals surface area contributed by atoms with Crippen LogP contribution in [0.5, 0.6) is 0 Å². The van der Waals surface area contributed by atoms with Crippen LogP contribution in [0.15, 0.2) is 24.3 Å². The Hall–Kier alpha value is -2.76. The number of rotatable bonds is 4. The summed E-state index contributed by atoms with van der Waals surface area (Å²) in [6.07, 6.45) is 4.10. The van der Waals surface area contributed by atoms with Crippen molar-refractivity contribution in [2.45, 2.75) is 0 Å². The third-order valence-electron chi connectivity index (χ3n) is 2.09. The summed E-state index contributed by atoms with van der Waals surface area (Å²) in [7, 11) is 0. The SMILES string of the molecule is Nc1cc(N)c(/C=C/C(=O)[O-])cc1/C=C/C(=O)[O-]. The number of carbonyl (C=O) groups excluding carboxylic acids is 2. The van der Waals surface area contributed by atoms with E-state index in [1.807, 2.05) is 0 Å². The zero-order valence-electron chi connectivity index (χ0n) is 9.25. The lowest BCUT2D eigenvalue weighted by molar-refractivity contribution is -0.298. The molecule has 18 heavy (non-hydrogen) atoms. The van der Waals surface area contributed by atoms with Crippen LogP contribution in [0.25, 0.3) is 12.2 Å². The number of aliphatic carboxylic acids is 2. The molecule has 0 aliphatic heterocycles. The van der Waals surface area contributed by atoms with Gasteiger partial charge in [0.15, 0.2) is 0 Å². The monoisotopic (exact) mass is 246 g/mol. The molecular formula is C12H10N2O4-2. The van der Waals surface area contributed by atoms with E-state index in [1.54, 1.807) is 0 Å². The van der Waals surface area contributed by atoms with Crippen molar-refractivity contribution in [3.63, 3.8) is 0 Å². The first-order chi connectivity index (χ1) is 8.40. The van der Waals surface area contributed by atoms with Crippen LogP contribution < -0.4 is 21.7 Å². The molecule has 94 valence electrons. The molecule has 0 radical (unpaired) electrons. The lowest BCUT2D eigenvalue weighted by Gasteiger charge is -2.07. The molecule has 6 nitrogen and oxygen atoms in total. The van der Waals surface area contributed by atoms with Gasteiger partial charge in [-0.15, -0.1) is 0 Å². The van der Waals surface area contributed by atoms with E-state index in [2.05, 4.69) is 0 Å². The van der Waals surface area contributed by atoms with Crippen LogP contribution >= 0.6 is 0 Å². The third kappa shape index (κ3) is 3.67. The molecule has 0 saturated carbocycles. The number of nitrogen functional groups attached to an aromatic ring is 2. The molecule has 1 rings (SSSR count). The Morgan fingerprint density at radius 3 is 1.61 bits per heavy atom. The fraction of sp³-hybridized carbons (Fsp3) is 0. The van der Waals surface area contributed by atoms with E-state index in [-0.39, 0.29) is 11.4 Å². The minimum Gasteiger partial charge on any atom is -0.545 e. The third-order valence-corrected chi connectivity index (χ3v) is 2.09. The van der Waals surface area contributed by atoms with Gasteiger partial charge in [0, 0.05) is 11.4 Å². The molecule has 0 aliphatic rings. The summed E-state index contributed by atoms with van der Waals surface area (Å²) >= 11 is 0. The Morgan fingerprint density at radius 2 is 1.28 bits per heavy atom. The Kier molecular flexibility index (Phi) is 4.09. The van der Waals surface area contributed by atoms with E-state index in [9.17, 15) is 19.8 Å². The van der Waals surface area contributed by atoms with Crippen molar-refractivity contribution in [1.29, 1.82) is 0 Å². The van der Waals surface area contributed by atoms with Gasteiger partial charge >= 0.3 is 0 Å². The van der Waals surface area contributed by atoms with Gasteiger partial charge in [-0.3, -0.25) is 0 Å². The average molecular weight is 246 g/mol. The van der Waals surface area contributed by atoms with Crippen LogP contribution in [0.2, 0.25) is 0 Å². The molecular weight excluding hydrogens is 236 g/mol. The van der Waals surface area contributed by atoms with Crippen LogP contribution in [0.3, 0.4) is 0 Å². The summed E-state index contributed by atoms with van der Waals surface area (Å²) in [6.45, 7) is 0. The molecule has 0 heterocycles. The molecule has 0 spiro atoms. The van der Waals surface area contributed by atoms with Crippen LogP contribution in [0.4, 0.5) is 11.4 Å². The molecule has 1 aromatic rings. The number of carboxylic acids is 2. The number of hydrogen-bond donors (Lipinski definition) is 2. The molecule has 0 aliphatic carbocycles. The molecule has 0 aromatic heterocycles. The second kappa shape index (κ2) is 5.53. The lowest BCUT2D eigenvalue weighted by Crippen LogP contribution is -2.18. The summed E-state index contributed by atoms with van der Waals surface area (Å²) in [5.41, 5.74) is 12.6. The first-order valence-corrected chi connectivity index (χ1v) is 4.87. The maximum absolute atomic E-state index is 10.3. The van der Waals surface area contributed by atoms with Crippen molar-refractivity contribution in [3.8, 4) is 0 Å². The van der Waals surface area contributed by atoms with Gasteiger partial charge in [0.25, 0.3) is 0 Å². The van der Waals surface area contributed by atoms with Gasteiger partial charge in [-0.1, -0.05) is 12.2 Å². The molecule has 0 amide bonds. The number of anilines is 2. The second-order valence-electron chi connectivity index (χ2n) is 3.41. The normalized spacial score (nSPS) is 11.1. The van der Waals surface area contributed by atoms with E-state index in [0.717, 1.165) is 12.2 Å². The number of nitrogens with two attached hydrogens (primary N) is 2. The van der Waals surface area contributed by atoms with E-state index in [1.165, 1.54) is 24.3 Å². The fourth-order valence-corrected chi connectivity index (χ4v) is 1.27. The zero-order valence-corrected chi connectivity index (χ0v) is 9.25. The van der Waals surface area contributed by atoms with Crippen molar-refractivity contribution >= 4 is 35.5 Å². The highest BCUT2D eigenvalue weighted by Gasteiger charge is 2.01. The van der Waals surface area contributed by atoms with Crippen molar-refractivity contribution < 1.29 is 19.8 Å². The molecule has 6 heteroatoms. The second-order valence-corrected chi connectivity index (χ2v) is 3.41. The summed E-state index contributed by atoms with van der Waals surface area (Å²) in [4.78, 5) is 20.6. The Morgan fingerprint density at radius 1 is 0.889 bits per heavy atom. The topological polar surface area (TPSA) is 132 Å². The predicted molar refractivity (Wildman–Crippen MR) is 63.3 cm³/mol. The molecule has 4 N–H and O–H groups in total. The van der Waals surface area contributed by atoms with Crippen molar-refractivity contribution in [1.82, 2.24) is 0 Å². The molecule has 0 fully saturated rings. The summed E-state index contributed by atoms with van der Waals surface area (Å²) < 4.78 is 0. The fourth-order valence-electron chi connectivity index (χ4n) is 1.27. The first kappa shape index (κ1) is 13.3. The largest absolute Gasteiger partial charge is 0.545 e. The van der Waals surface area contributed by atoms with Crippen LogP contribution in [-0.2, 0) is 9.59 Å². The average Bonchev–Trinajstić information content (AvgIpc) is 2.26. The highest BCUT2D eigenvalue weighted by Crippen LogP contribution is 2.23. The van der Waals surface area contributed by atoms with Gasteiger partial charge < -0.3 is 31.3 Å². The van der Waals surface area contributed by atoms with E-state index in [4.69, 9.17) is 11.5 Å². The Balaban J connectivity index is 3.17. The summed E-state index contributed by atoms with van der Waals surface area (Å²) in [6, 6.07) is 2.87. The molecule has 0 saturated heterocycles. The standard InChI is InChI=1S/C12H12N2O4/c13-9-6-10(14)8(2-4-12(17)18)5-7(9)1-3-11(15)16/h1-6H,13-14H2,(H,15,16)(H,17,18)/p-2/b3-1+,4-2+. The summed E-state index contributed by atoms with van der Waals surface area (Å²) in [5.74, 6) is -2.73. The maximum Gasteiger partial charge on any atom is 0.0643 e. The van der Waals surface area contributed by atoms with Gasteiger partial charge in [-0.25, -0.2) is 0 Å². The van der Waals surface area contributed by atoms with Crippen molar-refractivity contribution in [3.05, 3.63) is 35.4 Å². The van der Waals surface area contributed by atoms with Crippen molar-refractivity contribution in [2.24, 2.45) is 0 Å². The van der Waals surface area contributed by atoms with Gasteiger partial charge in [-0.05, 0) is 35.4 Å². The van der Waals surface area contributed by atoms with Crippen LogP contribution in [-0.4, -0.2) is 11.9 Å². The minimum atomic E-state index is -1.36. The molecule has 0 bridgehead atoms. The van der Waals surface area contributed by atoms with E-state index in [0.29, 0.717) is 11.1 Å². The zero-order chi connectivity index (χ0) is 13.7. The number of carbonyl (C=O) groups is 2. The highest BCUT2D eigenvalue weighted by molar-refractivity contribution is 5.88. The van der Waals surface area contributed by atoms with Crippen LogP contribution in [0, 0.1) is 0 Å². The van der Waals surface area contributed by atoms with E-state index < -0.39 is 11.9 Å². The highest BCUT2D eigenvalue weighted by atomic mass is 16.4. The lowest BCUT2D eigenvalue weighted by atomic mass is 10.1.